The van der Waals surface area contributed by atoms with E-state index in [-0.39, 0.29) is 41.7 Å². The van der Waals surface area contributed by atoms with Gasteiger partial charge in [-0.25, -0.2) is 12.8 Å². The van der Waals surface area contributed by atoms with Gasteiger partial charge in [-0.1, -0.05) is 18.2 Å². The highest BCUT2D eigenvalue weighted by Crippen LogP contribution is 2.29. The van der Waals surface area contributed by atoms with Gasteiger partial charge in [-0.3, -0.25) is 4.79 Å². The van der Waals surface area contributed by atoms with E-state index >= 15 is 0 Å². The number of nitrogens with zero attached hydrogens (tertiary/aromatic N) is 1. The lowest BCUT2D eigenvalue weighted by Gasteiger charge is -2.31. The van der Waals surface area contributed by atoms with Crippen molar-refractivity contribution in [2.45, 2.75) is 23.8 Å². The molecule has 0 bridgehead atoms. The van der Waals surface area contributed by atoms with Crippen molar-refractivity contribution < 1.29 is 22.3 Å². The number of halogens is 1. The zero-order valence-corrected chi connectivity index (χ0v) is 19.7. The molecule has 0 saturated carbocycles. The van der Waals surface area contributed by atoms with E-state index < -0.39 is 10.0 Å². The molecule has 3 aromatic rings. The molecule has 1 amide bonds. The topological polar surface area (TPSA) is 75.7 Å². The predicted octanol–water partition coefficient (Wildman–Crippen LogP) is 4.20. The number of ether oxygens (including phenoxy) is 1. The smallest absolute Gasteiger partial charge is 0.243 e. The predicted molar refractivity (Wildman–Crippen MR) is 125 cm³/mol. The van der Waals surface area contributed by atoms with E-state index in [2.05, 4.69) is 5.32 Å². The second-order valence-electron chi connectivity index (χ2n) is 7.86. The van der Waals surface area contributed by atoms with Crippen molar-refractivity contribution in [1.82, 2.24) is 9.62 Å². The number of piperidine rings is 1. The number of methoxy groups -OCH3 is 1. The average molecular weight is 489 g/mol. The van der Waals surface area contributed by atoms with Gasteiger partial charge in [0.25, 0.3) is 0 Å². The van der Waals surface area contributed by atoms with Gasteiger partial charge >= 0.3 is 0 Å². The molecule has 0 aliphatic carbocycles. The minimum absolute atomic E-state index is 0.126. The Hall–Kier alpha value is -2.75. The molecule has 1 saturated heterocycles. The molecule has 0 spiro atoms. The Balaban J connectivity index is 1.42. The summed E-state index contributed by atoms with van der Waals surface area (Å²) in [6.45, 7) is 0.541. The molecule has 33 heavy (non-hydrogen) atoms. The zero-order chi connectivity index (χ0) is 23.4. The Morgan fingerprint density at radius 1 is 1.09 bits per heavy atom. The number of rotatable bonds is 7. The molecule has 9 heteroatoms. The number of hydrogen-bond donors (Lipinski definition) is 1. The van der Waals surface area contributed by atoms with Crippen LogP contribution in [0.4, 0.5) is 4.39 Å². The number of nitrogens with one attached hydrogen (secondary N) is 1. The lowest BCUT2D eigenvalue weighted by atomic mass is 9.96. The first kappa shape index (κ1) is 23.4. The summed E-state index contributed by atoms with van der Waals surface area (Å²) in [5.41, 5.74) is 0.798. The van der Waals surface area contributed by atoms with Gasteiger partial charge in [0.1, 0.15) is 11.6 Å². The first-order valence-electron chi connectivity index (χ1n) is 10.6. The number of carbonyl (C=O) groups excluding carboxylic acids is 1. The van der Waals surface area contributed by atoms with Crippen molar-refractivity contribution in [1.29, 1.82) is 0 Å². The van der Waals surface area contributed by atoms with Crippen LogP contribution in [0.15, 0.2) is 70.9 Å². The normalized spacial score (nSPS) is 16.3. The van der Waals surface area contributed by atoms with Gasteiger partial charge in [-0.15, -0.1) is 11.3 Å². The molecule has 2 aromatic carbocycles. The van der Waals surface area contributed by atoms with Crippen LogP contribution in [-0.4, -0.2) is 38.8 Å². The molecule has 1 atom stereocenters. The van der Waals surface area contributed by atoms with Gasteiger partial charge in [0, 0.05) is 23.9 Å². The van der Waals surface area contributed by atoms with Gasteiger partial charge in [0.05, 0.1) is 18.0 Å². The Labute approximate surface area is 197 Å². The number of hydrogen-bond acceptors (Lipinski definition) is 5. The molecule has 0 unspecified atom stereocenters. The van der Waals surface area contributed by atoms with Crippen LogP contribution in [0.2, 0.25) is 0 Å². The molecule has 0 radical (unpaired) electrons. The van der Waals surface area contributed by atoms with Gasteiger partial charge in [0.15, 0.2) is 0 Å². The Bertz CT molecular complexity index is 1170. The van der Waals surface area contributed by atoms with E-state index in [0.29, 0.717) is 18.6 Å². The highest BCUT2D eigenvalue weighted by molar-refractivity contribution is 7.89. The van der Waals surface area contributed by atoms with Crippen LogP contribution >= 0.6 is 11.3 Å². The summed E-state index contributed by atoms with van der Waals surface area (Å²) in [6, 6.07) is 15.9. The summed E-state index contributed by atoms with van der Waals surface area (Å²) in [5, 5.41) is 5.02. The van der Waals surface area contributed by atoms with Crippen LogP contribution in [0.1, 0.15) is 29.3 Å². The molecule has 1 aromatic heterocycles. The maximum Gasteiger partial charge on any atom is 0.243 e. The Morgan fingerprint density at radius 2 is 1.76 bits per heavy atom. The van der Waals surface area contributed by atoms with Crippen LogP contribution in [-0.2, 0) is 14.8 Å². The van der Waals surface area contributed by atoms with E-state index in [0.717, 1.165) is 10.4 Å². The SMILES string of the molecule is COc1ccc(S(=O)(=O)N2CCC(C(=O)N[C@H](c3ccc(F)cc3)c3cccs3)CC2)cc1. The highest BCUT2D eigenvalue weighted by Gasteiger charge is 2.33. The third kappa shape index (κ3) is 5.26. The largest absolute Gasteiger partial charge is 0.497 e. The van der Waals surface area contributed by atoms with Crippen LogP contribution < -0.4 is 10.1 Å². The number of carbonyl (C=O) groups is 1. The fraction of sp³-hybridized carbons (Fsp3) is 0.292. The summed E-state index contributed by atoms with van der Waals surface area (Å²) in [5.74, 6) is -0.166. The third-order valence-corrected chi connectivity index (χ3v) is 8.69. The number of benzene rings is 2. The first-order valence-corrected chi connectivity index (χ1v) is 12.9. The monoisotopic (exact) mass is 488 g/mol. The van der Waals surface area contributed by atoms with Crippen LogP contribution in [0.3, 0.4) is 0 Å². The standard InChI is InChI=1S/C24H25FN2O4S2/c1-31-20-8-10-21(11-9-20)33(29,30)27-14-12-18(13-15-27)24(28)26-23(22-3-2-16-32-22)17-4-6-19(25)7-5-17/h2-11,16,18,23H,12-15H2,1H3,(H,26,28)/t23-/m1/s1. The Kier molecular flexibility index (Phi) is 7.11. The summed E-state index contributed by atoms with van der Waals surface area (Å²) in [7, 11) is -2.10. The molecule has 2 heterocycles. The minimum atomic E-state index is -3.63. The van der Waals surface area contributed by atoms with Crippen molar-refractivity contribution in [3.8, 4) is 5.75 Å². The van der Waals surface area contributed by atoms with Gasteiger partial charge in [-0.05, 0) is 66.2 Å². The number of amides is 1. The molecule has 4 rings (SSSR count). The van der Waals surface area contributed by atoms with Crippen LogP contribution in [0.25, 0.3) is 0 Å². The quantitative estimate of drug-likeness (QED) is 0.541. The minimum Gasteiger partial charge on any atom is -0.497 e. The van der Waals surface area contributed by atoms with E-state index in [4.69, 9.17) is 4.74 Å². The van der Waals surface area contributed by atoms with Gasteiger partial charge in [-0.2, -0.15) is 4.31 Å². The summed E-state index contributed by atoms with van der Waals surface area (Å²) < 4.78 is 45.8. The van der Waals surface area contributed by atoms with Gasteiger partial charge in [0.2, 0.25) is 15.9 Å². The van der Waals surface area contributed by atoms with E-state index in [1.807, 2.05) is 17.5 Å². The number of thiophene rings is 1. The average Bonchev–Trinajstić information content (AvgIpc) is 3.38. The van der Waals surface area contributed by atoms with E-state index in [9.17, 15) is 17.6 Å². The third-order valence-electron chi connectivity index (χ3n) is 5.84. The second kappa shape index (κ2) is 10.0. The summed E-state index contributed by atoms with van der Waals surface area (Å²) >= 11 is 1.52. The van der Waals surface area contributed by atoms with Crippen molar-refractivity contribution in [3.05, 3.63) is 82.3 Å². The lowest BCUT2D eigenvalue weighted by Crippen LogP contribution is -2.43. The van der Waals surface area contributed by atoms with Crippen molar-refractivity contribution in [2.75, 3.05) is 20.2 Å². The first-order chi connectivity index (χ1) is 15.9. The summed E-state index contributed by atoms with van der Waals surface area (Å²) in [6.07, 6.45) is 0.865. The maximum atomic E-state index is 13.4. The fourth-order valence-electron chi connectivity index (χ4n) is 3.94. The molecule has 1 N–H and O–H groups in total. The van der Waals surface area contributed by atoms with Gasteiger partial charge < -0.3 is 10.1 Å². The second-order valence-corrected chi connectivity index (χ2v) is 10.8. The lowest BCUT2D eigenvalue weighted by molar-refractivity contribution is -0.126. The van der Waals surface area contributed by atoms with Crippen LogP contribution in [0, 0.1) is 11.7 Å². The van der Waals surface area contributed by atoms with Crippen molar-refractivity contribution in [3.63, 3.8) is 0 Å². The molecule has 6 nitrogen and oxygen atoms in total. The zero-order valence-electron chi connectivity index (χ0n) is 18.1. The molecular formula is C24H25FN2O4S2. The van der Waals surface area contributed by atoms with Crippen molar-refractivity contribution >= 4 is 27.3 Å². The van der Waals surface area contributed by atoms with E-state index in [1.54, 1.807) is 24.3 Å². The summed E-state index contributed by atoms with van der Waals surface area (Å²) in [4.78, 5) is 14.2. The molecule has 174 valence electrons. The maximum absolute atomic E-state index is 13.4. The van der Waals surface area contributed by atoms with Crippen molar-refractivity contribution in [2.24, 2.45) is 5.92 Å². The Morgan fingerprint density at radius 3 is 2.33 bits per heavy atom. The van der Waals surface area contributed by atoms with E-state index in [1.165, 1.54) is 47.0 Å². The fourth-order valence-corrected chi connectivity index (χ4v) is 6.22. The molecular weight excluding hydrogens is 463 g/mol. The highest BCUT2D eigenvalue weighted by atomic mass is 32.2. The van der Waals surface area contributed by atoms with Crippen LogP contribution in [0.5, 0.6) is 5.75 Å². The molecule has 1 aliphatic rings. The molecule has 1 fully saturated rings. The number of sulfonamides is 1. The molecule has 1 aliphatic heterocycles.